The number of carbonyl (C=O) groups is 1. The van der Waals surface area contributed by atoms with E-state index in [1.807, 2.05) is 54.6 Å². The zero-order chi connectivity index (χ0) is 18.9. The third-order valence-corrected chi connectivity index (χ3v) is 5.01. The van der Waals surface area contributed by atoms with Gasteiger partial charge in [0.05, 0.1) is 17.0 Å². The summed E-state index contributed by atoms with van der Waals surface area (Å²) in [6.45, 7) is 1.26. The SMILES string of the molecule is NCCCCNC(=O)c1ccccc1SCc1nnnn1-c1ccccc1. The Morgan fingerprint density at radius 2 is 1.85 bits per heavy atom. The summed E-state index contributed by atoms with van der Waals surface area (Å²) in [4.78, 5) is 13.4. The van der Waals surface area contributed by atoms with E-state index in [9.17, 15) is 4.79 Å². The molecule has 27 heavy (non-hydrogen) atoms. The fraction of sp³-hybridized carbons (Fsp3) is 0.263. The Bertz CT molecular complexity index is 867. The molecule has 0 unspecified atom stereocenters. The molecule has 2 aromatic carbocycles. The van der Waals surface area contributed by atoms with Gasteiger partial charge in [-0.05, 0) is 54.1 Å². The summed E-state index contributed by atoms with van der Waals surface area (Å²) < 4.78 is 1.71. The minimum absolute atomic E-state index is 0.0715. The number of amides is 1. The molecule has 0 aliphatic rings. The summed E-state index contributed by atoms with van der Waals surface area (Å²) in [5.41, 5.74) is 7.05. The monoisotopic (exact) mass is 382 g/mol. The van der Waals surface area contributed by atoms with Crippen molar-refractivity contribution in [3.05, 3.63) is 66.0 Å². The number of aromatic nitrogens is 4. The number of hydrogen-bond acceptors (Lipinski definition) is 6. The van der Waals surface area contributed by atoms with E-state index in [4.69, 9.17) is 5.73 Å². The lowest BCUT2D eigenvalue weighted by Gasteiger charge is -2.10. The second-order valence-electron chi connectivity index (χ2n) is 5.88. The highest BCUT2D eigenvalue weighted by Gasteiger charge is 2.13. The molecule has 140 valence electrons. The lowest BCUT2D eigenvalue weighted by molar-refractivity contribution is 0.0950. The summed E-state index contributed by atoms with van der Waals surface area (Å²) in [7, 11) is 0. The van der Waals surface area contributed by atoms with Crippen molar-refractivity contribution >= 4 is 17.7 Å². The predicted octanol–water partition coefficient (Wildman–Crippen LogP) is 2.42. The highest BCUT2D eigenvalue weighted by atomic mass is 32.2. The van der Waals surface area contributed by atoms with Crippen molar-refractivity contribution in [2.75, 3.05) is 13.1 Å². The third kappa shape index (κ3) is 5.15. The van der Waals surface area contributed by atoms with Crippen LogP contribution < -0.4 is 11.1 Å². The van der Waals surface area contributed by atoms with Crippen LogP contribution in [0.5, 0.6) is 0 Å². The Kier molecular flexibility index (Phi) is 6.95. The van der Waals surface area contributed by atoms with Crippen molar-refractivity contribution in [1.29, 1.82) is 0 Å². The topological polar surface area (TPSA) is 98.7 Å². The van der Waals surface area contributed by atoms with Gasteiger partial charge in [0.25, 0.3) is 5.91 Å². The molecule has 3 aromatic rings. The maximum absolute atomic E-state index is 12.5. The molecule has 8 heteroatoms. The third-order valence-electron chi connectivity index (χ3n) is 3.94. The van der Waals surface area contributed by atoms with E-state index in [-0.39, 0.29) is 5.91 Å². The summed E-state index contributed by atoms with van der Waals surface area (Å²) in [5.74, 6) is 1.21. The molecular formula is C19H22N6OS. The van der Waals surface area contributed by atoms with Crippen molar-refractivity contribution in [3.8, 4) is 5.69 Å². The number of carbonyl (C=O) groups excluding carboxylic acids is 1. The minimum Gasteiger partial charge on any atom is -0.352 e. The van der Waals surface area contributed by atoms with Crippen LogP contribution in [-0.4, -0.2) is 39.2 Å². The molecule has 0 aliphatic carbocycles. The molecule has 1 heterocycles. The Balaban J connectivity index is 1.67. The Morgan fingerprint density at radius 3 is 2.67 bits per heavy atom. The number of tetrazole rings is 1. The first-order chi connectivity index (χ1) is 13.3. The molecule has 0 bridgehead atoms. The van der Waals surface area contributed by atoms with Crippen LogP contribution >= 0.6 is 11.8 Å². The Hall–Kier alpha value is -2.71. The number of para-hydroxylation sites is 1. The lowest BCUT2D eigenvalue weighted by Crippen LogP contribution is -2.25. The van der Waals surface area contributed by atoms with Crippen molar-refractivity contribution < 1.29 is 4.79 Å². The molecule has 0 radical (unpaired) electrons. The highest BCUT2D eigenvalue weighted by molar-refractivity contribution is 7.98. The van der Waals surface area contributed by atoms with Crippen LogP contribution in [0.3, 0.4) is 0 Å². The van der Waals surface area contributed by atoms with Crippen LogP contribution in [0.4, 0.5) is 0 Å². The van der Waals surface area contributed by atoms with Gasteiger partial charge in [-0.15, -0.1) is 16.9 Å². The van der Waals surface area contributed by atoms with Crippen LogP contribution in [0.2, 0.25) is 0 Å². The number of nitrogens with one attached hydrogen (secondary N) is 1. The maximum atomic E-state index is 12.5. The van der Waals surface area contributed by atoms with E-state index in [0.29, 0.717) is 24.4 Å². The van der Waals surface area contributed by atoms with Gasteiger partial charge in [0.2, 0.25) is 0 Å². The molecule has 3 N–H and O–H groups in total. The van der Waals surface area contributed by atoms with E-state index in [1.54, 1.807) is 16.4 Å². The van der Waals surface area contributed by atoms with E-state index in [0.717, 1.165) is 29.2 Å². The standard InChI is InChI=1S/C19H22N6OS/c20-12-6-7-13-21-19(26)16-10-4-5-11-17(16)27-14-18-22-23-24-25(18)15-8-2-1-3-9-15/h1-5,8-11H,6-7,12-14,20H2,(H,21,26). The zero-order valence-corrected chi connectivity index (χ0v) is 15.7. The van der Waals surface area contributed by atoms with E-state index in [2.05, 4.69) is 20.8 Å². The molecule has 0 atom stereocenters. The molecule has 0 aliphatic heterocycles. The number of rotatable bonds is 9. The van der Waals surface area contributed by atoms with Gasteiger partial charge in [-0.25, -0.2) is 0 Å². The first kappa shape index (κ1) is 19.1. The quantitative estimate of drug-likeness (QED) is 0.436. The number of benzene rings is 2. The number of thioether (sulfide) groups is 1. The van der Waals surface area contributed by atoms with Crippen molar-refractivity contribution in [1.82, 2.24) is 25.5 Å². The first-order valence-corrected chi connectivity index (χ1v) is 9.81. The fourth-order valence-electron chi connectivity index (χ4n) is 2.55. The van der Waals surface area contributed by atoms with Gasteiger partial charge in [0.1, 0.15) is 0 Å². The van der Waals surface area contributed by atoms with Crippen molar-refractivity contribution in [2.24, 2.45) is 5.73 Å². The molecular weight excluding hydrogens is 360 g/mol. The smallest absolute Gasteiger partial charge is 0.252 e. The van der Waals surface area contributed by atoms with Crippen LogP contribution in [0.1, 0.15) is 29.0 Å². The number of unbranched alkanes of at least 4 members (excludes halogenated alkanes) is 1. The van der Waals surface area contributed by atoms with Crippen molar-refractivity contribution in [2.45, 2.75) is 23.5 Å². The molecule has 0 saturated carbocycles. The summed E-state index contributed by atoms with van der Waals surface area (Å²) in [6.07, 6.45) is 1.78. The van der Waals surface area contributed by atoms with Gasteiger partial charge in [-0.3, -0.25) is 4.79 Å². The second kappa shape index (κ2) is 9.84. The van der Waals surface area contributed by atoms with Gasteiger partial charge < -0.3 is 11.1 Å². The number of hydrogen-bond donors (Lipinski definition) is 2. The highest BCUT2D eigenvalue weighted by Crippen LogP contribution is 2.26. The van der Waals surface area contributed by atoms with Gasteiger partial charge in [-0.1, -0.05) is 30.3 Å². The summed E-state index contributed by atoms with van der Waals surface area (Å²) in [5, 5.41) is 14.9. The Morgan fingerprint density at radius 1 is 1.07 bits per heavy atom. The fourth-order valence-corrected chi connectivity index (χ4v) is 3.51. The van der Waals surface area contributed by atoms with Gasteiger partial charge >= 0.3 is 0 Å². The van der Waals surface area contributed by atoms with Crippen LogP contribution in [0.15, 0.2) is 59.5 Å². The largest absolute Gasteiger partial charge is 0.352 e. The van der Waals surface area contributed by atoms with Crippen LogP contribution in [0.25, 0.3) is 5.69 Å². The number of nitrogens with two attached hydrogens (primary N) is 1. The molecule has 3 rings (SSSR count). The zero-order valence-electron chi connectivity index (χ0n) is 14.9. The van der Waals surface area contributed by atoms with Crippen LogP contribution in [0, 0.1) is 0 Å². The van der Waals surface area contributed by atoms with Crippen LogP contribution in [-0.2, 0) is 5.75 Å². The minimum atomic E-state index is -0.0715. The molecule has 0 spiro atoms. The molecule has 0 fully saturated rings. The van der Waals surface area contributed by atoms with Crippen molar-refractivity contribution in [3.63, 3.8) is 0 Å². The maximum Gasteiger partial charge on any atom is 0.252 e. The molecule has 7 nitrogen and oxygen atoms in total. The van der Waals surface area contributed by atoms with Gasteiger partial charge in [-0.2, -0.15) is 4.68 Å². The predicted molar refractivity (Wildman–Crippen MR) is 106 cm³/mol. The molecule has 1 amide bonds. The van der Waals surface area contributed by atoms with E-state index >= 15 is 0 Å². The second-order valence-corrected chi connectivity index (χ2v) is 6.90. The average molecular weight is 382 g/mol. The average Bonchev–Trinajstić information content (AvgIpc) is 3.19. The van der Waals surface area contributed by atoms with E-state index in [1.165, 1.54) is 0 Å². The normalized spacial score (nSPS) is 10.7. The van der Waals surface area contributed by atoms with Gasteiger partial charge in [0.15, 0.2) is 5.82 Å². The molecule has 1 aromatic heterocycles. The Labute approximate surface area is 162 Å². The summed E-state index contributed by atoms with van der Waals surface area (Å²) >= 11 is 1.54. The van der Waals surface area contributed by atoms with E-state index < -0.39 is 0 Å². The first-order valence-electron chi connectivity index (χ1n) is 8.82. The van der Waals surface area contributed by atoms with Gasteiger partial charge in [0, 0.05) is 11.4 Å². The molecule has 0 saturated heterocycles. The number of nitrogens with zero attached hydrogens (tertiary/aromatic N) is 4. The lowest BCUT2D eigenvalue weighted by atomic mass is 10.2. The summed E-state index contributed by atoms with van der Waals surface area (Å²) in [6, 6.07) is 17.3.